The van der Waals surface area contributed by atoms with E-state index >= 15 is 0 Å². The maximum absolute atomic E-state index is 5.31. The first-order valence-electron chi connectivity index (χ1n) is 8.05. The van der Waals surface area contributed by atoms with Crippen LogP contribution in [0.25, 0.3) is 22.3 Å². The molecule has 5 heteroatoms. The van der Waals surface area contributed by atoms with Crippen LogP contribution in [-0.2, 0) is 0 Å². The number of hydrogen-bond donors (Lipinski definition) is 2. The summed E-state index contributed by atoms with van der Waals surface area (Å²) in [7, 11) is 1.67. The van der Waals surface area contributed by atoms with Crippen molar-refractivity contribution in [2.45, 2.75) is 6.92 Å². The fourth-order valence-electron chi connectivity index (χ4n) is 2.85. The second-order valence-corrected chi connectivity index (χ2v) is 5.89. The minimum atomic E-state index is 0.779. The Bertz CT molecular complexity index is 1040. The maximum Gasteiger partial charge on any atom is 0.143 e. The maximum atomic E-state index is 5.31. The molecule has 2 N–H and O–H groups in total. The third-order valence-electron chi connectivity index (χ3n) is 4.09. The van der Waals surface area contributed by atoms with Gasteiger partial charge in [0.1, 0.15) is 23.5 Å². The Balaban J connectivity index is 1.75. The molecule has 0 fully saturated rings. The summed E-state index contributed by atoms with van der Waals surface area (Å²) in [5, 5.41) is 4.33. The van der Waals surface area contributed by atoms with Crippen LogP contribution in [-0.4, -0.2) is 22.1 Å². The lowest BCUT2D eigenvalue weighted by atomic mass is 10.1. The predicted octanol–water partition coefficient (Wildman–Crippen LogP) is 4.69. The second kappa shape index (κ2) is 6.28. The third-order valence-corrected chi connectivity index (χ3v) is 4.09. The van der Waals surface area contributed by atoms with Crippen LogP contribution < -0.4 is 10.1 Å². The van der Waals surface area contributed by atoms with Crippen molar-refractivity contribution in [2.24, 2.45) is 0 Å². The molecule has 25 heavy (non-hydrogen) atoms. The number of aromatic nitrogens is 3. The predicted molar refractivity (Wildman–Crippen MR) is 100 cm³/mol. The number of nitrogens with one attached hydrogen (secondary N) is 2. The van der Waals surface area contributed by atoms with Gasteiger partial charge in [-0.05, 0) is 42.8 Å². The van der Waals surface area contributed by atoms with Gasteiger partial charge in [0.2, 0.25) is 0 Å². The van der Waals surface area contributed by atoms with Gasteiger partial charge in [-0.2, -0.15) is 0 Å². The first-order valence-corrected chi connectivity index (χ1v) is 8.05. The van der Waals surface area contributed by atoms with E-state index in [0.29, 0.717) is 0 Å². The molecule has 2 aromatic heterocycles. The van der Waals surface area contributed by atoms with Crippen LogP contribution >= 0.6 is 0 Å². The van der Waals surface area contributed by atoms with E-state index in [0.717, 1.165) is 39.5 Å². The number of anilines is 2. The summed E-state index contributed by atoms with van der Waals surface area (Å²) < 4.78 is 5.31. The summed E-state index contributed by atoms with van der Waals surface area (Å²) >= 11 is 0. The molecule has 5 nitrogen and oxygen atoms in total. The molecule has 0 bridgehead atoms. The Kier molecular flexibility index (Phi) is 3.82. The van der Waals surface area contributed by atoms with Gasteiger partial charge in [-0.15, -0.1) is 0 Å². The zero-order valence-corrected chi connectivity index (χ0v) is 14.1. The molecule has 2 heterocycles. The van der Waals surface area contributed by atoms with Crippen LogP contribution in [0.5, 0.6) is 5.75 Å². The SMILES string of the molecule is COc1cccc(-c2cc3c(Nc4cccc(C)c4)ncnc3[nH]2)c1. The lowest BCUT2D eigenvalue weighted by Crippen LogP contribution is -1.95. The van der Waals surface area contributed by atoms with Crippen molar-refractivity contribution in [3.63, 3.8) is 0 Å². The molecule has 2 aromatic carbocycles. The molecule has 0 spiro atoms. The number of methoxy groups -OCH3 is 1. The molecule has 0 unspecified atom stereocenters. The monoisotopic (exact) mass is 330 g/mol. The normalized spacial score (nSPS) is 10.8. The molecule has 0 atom stereocenters. The van der Waals surface area contributed by atoms with Crippen LogP contribution in [0.3, 0.4) is 0 Å². The summed E-state index contributed by atoms with van der Waals surface area (Å²) in [5.74, 6) is 1.60. The van der Waals surface area contributed by atoms with Gasteiger partial charge in [0.25, 0.3) is 0 Å². The standard InChI is InChI=1S/C20H18N4O/c1-13-5-3-7-15(9-13)23-19-17-11-18(24-20(17)22-12-21-19)14-6-4-8-16(10-14)25-2/h3-12H,1-2H3,(H2,21,22,23,24). The minimum Gasteiger partial charge on any atom is -0.497 e. The summed E-state index contributed by atoms with van der Waals surface area (Å²) in [6, 6.07) is 18.2. The van der Waals surface area contributed by atoms with E-state index in [1.54, 1.807) is 13.4 Å². The average Bonchev–Trinajstić information content (AvgIpc) is 3.07. The molecular formula is C20H18N4O. The minimum absolute atomic E-state index is 0.779. The molecule has 0 radical (unpaired) electrons. The highest BCUT2D eigenvalue weighted by molar-refractivity contribution is 5.93. The number of hydrogen-bond acceptors (Lipinski definition) is 4. The van der Waals surface area contributed by atoms with E-state index in [4.69, 9.17) is 4.74 Å². The molecular weight excluding hydrogens is 312 g/mol. The highest BCUT2D eigenvalue weighted by atomic mass is 16.5. The largest absolute Gasteiger partial charge is 0.497 e. The van der Waals surface area contributed by atoms with Gasteiger partial charge in [0.15, 0.2) is 0 Å². The van der Waals surface area contributed by atoms with Crippen LogP contribution in [0.4, 0.5) is 11.5 Å². The molecule has 124 valence electrons. The van der Waals surface area contributed by atoms with E-state index in [2.05, 4.69) is 45.4 Å². The quantitative estimate of drug-likeness (QED) is 0.570. The van der Waals surface area contributed by atoms with Gasteiger partial charge in [-0.3, -0.25) is 0 Å². The van der Waals surface area contributed by atoms with Crippen molar-refractivity contribution < 1.29 is 4.74 Å². The number of rotatable bonds is 4. The van der Waals surface area contributed by atoms with E-state index < -0.39 is 0 Å². The lowest BCUT2D eigenvalue weighted by Gasteiger charge is -2.06. The molecule has 0 amide bonds. The Labute approximate surface area is 145 Å². The first kappa shape index (κ1) is 15.2. The van der Waals surface area contributed by atoms with Gasteiger partial charge < -0.3 is 15.0 Å². The van der Waals surface area contributed by atoms with Crippen molar-refractivity contribution in [1.29, 1.82) is 0 Å². The molecule has 4 rings (SSSR count). The fraction of sp³-hybridized carbons (Fsp3) is 0.100. The van der Waals surface area contributed by atoms with E-state index in [1.807, 2.05) is 36.4 Å². The van der Waals surface area contributed by atoms with E-state index in [1.165, 1.54) is 5.56 Å². The second-order valence-electron chi connectivity index (χ2n) is 5.89. The van der Waals surface area contributed by atoms with E-state index in [-0.39, 0.29) is 0 Å². The zero-order valence-electron chi connectivity index (χ0n) is 14.1. The van der Waals surface area contributed by atoms with Gasteiger partial charge in [0.05, 0.1) is 12.5 Å². The number of ether oxygens (including phenoxy) is 1. The molecule has 0 saturated carbocycles. The number of benzene rings is 2. The fourth-order valence-corrected chi connectivity index (χ4v) is 2.85. The molecule has 0 aliphatic rings. The Hall–Kier alpha value is -3.34. The number of aromatic amines is 1. The smallest absolute Gasteiger partial charge is 0.143 e. The van der Waals surface area contributed by atoms with Gasteiger partial charge >= 0.3 is 0 Å². The molecule has 0 aliphatic heterocycles. The Morgan fingerprint density at radius 1 is 1.00 bits per heavy atom. The van der Waals surface area contributed by atoms with Crippen molar-refractivity contribution in [1.82, 2.24) is 15.0 Å². The highest BCUT2D eigenvalue weighted by Gasteiger charge is 2.10. The van der Waals surface area contributed by atoms with Gasteiger partial charge in [0, 0.05) is 16.9 Å². The van der Waals surface area contributed by atoms with E-state index in [9.17, 15) is 0 Å². The number of fused-ring (bicyclic) bond motifs is 1. The number of aryl methyl sites for hydroxylation is 1. The summed E-state index contributed by atoms with van der Waals surface area (Å²) in [5.41, 5.74) is 5.01. The van der Waals surface area contributed by atoms with Crippen molar-refractivity contribution in [2.75, 3.05) is 12.4 Å². The van der Waals surface area contributed by atoms with Gasteiger partial charge in [-0.1, -0.05) is 24.3 Å². The van der Waals surface area contributed by atoms with Crippen LogP contribution in [0.15, 0.2) is 60.9 Å². The van der Waals surface area contributed by atoms with Crippen molar-refractivity contribution in [3.8, 4) is 17.0 Å². The average molecular weight is 330 g/mol. The topological polar surface area (TPSA) is 62.8 Å². The third kappa shape index (κ3) is 3.04. The lowest BCUT2D eigenvalue weighted by molar-refractivity contribution is 0.415. The first-order chi connectivity index (χ1) is 12.2. The summed E-state index contributed by atoms with van der Waals surface area (Å²) in [4.78, 5) is 12.1. The Morgan fingerprint density at radius 3 is 2.72 bits per heavy atom. The number of nitrogens with zero attached hydrogens (tertiary/aromatic N) is 2. The van der Waals surface area contributed by atoms with Crippen LogP contribution in [0, 0.1) is 6.92 Å². The van der Waals surface area contributed by atoms with Crippen LogP contribution in [0.1, 0.15) is 5.56 Å². The molecule has 0 saturated heterocycles. The molecule has 0 aliphatic carbocycles. The summed E-state index contributed by atoms with van der Waals surface area (Å²) in [6.45, 7) is 2.07. The number of H-pyrrole nitrogens is 1. The van der Waals surface area contributed by atoms with Crippen molar-refractivity contribution >= 4 is 22.5 Å². The Morgan fingerprint density at radius 2 is 1.88 bits per heavy atom. The summed E-state index contributed by atoms with van der Waals surface area (Å²) in [6.07, 6.45) is 1.56. The van der Waals surface area contributed by atoms with Crippen molar-refractivity contribution in [3.05, 3.63) is 66.5 Å². The molecule has 4 aromatic rings. The zero-order chi connectivity index (χ0) is 17.2. The van der Waals surface area contributed by atoms with Gasteiger partial charge in [-0.25, -0.2) is 9.97 Å². The highest BCUT2D eigenvalue weighted by Crippen LogP contribution is 2.30. The van der Waals surface area contributed by atoms with Crippen LogP contribution in [0.2, 0.25) is 0 Å².